The Hall–Kier alpha value is -1.59. The summed E-state index contributed by atoms with van der Waals surface area (Å²) < 4.78 is 6.49. The first-order valence-corrected chi connectivity index (χ1v) is 7.79. The highest BCUT2D eigenvalue weighted by Gasteiger charge is 2.04. The monoisotopic (exact) mass is 364 g/mol. The number of halogens is 1. The maximum Gasteiger partial charge on any atom is 0.119 e. The van der Waals surface area contributed by atoms with Crippen molar-refractivity contribution in [2.45, 2.75) is 20.0 Å². The van der Waals surface area contributed by atoms with Crippen LogP contribution in [0.1, 0.15) is 19.4 Å². The molecule has 0 saturated heterocycles. The van der Waals surface area contributed by atoms with E-state index in [1.54, 1.807) is 0 Å². The average Bonchev–Trinajstić information content (AvgIpc) is 2.40. The SMILES string of the molecule is CC(C)Oc1ccc(Nc2ccc(C(N)=S)c(Br)c2)cc1. The zero-order valence-corrected chi connectivity index (χ0v) is 14.3. The molecule has 5 heteroatoms. The predicted molar refractivity (Wildman–Crippen MR) is 95.5 cm³/mol. The molecule has 0 aliphatic carbocycles. The zero-order chi connectivity index (χ0) is 15.4. The highest BCUT2D eigenvalue weighted by Crippen LogP contribution is 2.25. The molecule has 21 heavy (non-hydrogen) atoms. The minimum absolute atomic E-state index is 0.174. The molecule has 3 N–H and O–H groups in total. The zero-order valence-electron chi connectivity index (χ0n) is 11.9. The molecular formula is C16H17BrN2OS. The van der Waals surface area contributed by atoms with Gasteiger partial charge in [0.05, 0.1) is 6.10 Å². The van der Waals surface area contributed by atoms with E-state index < -0.39 is 0 Å². The number of anilines is 2. The fourth-order valence-electron chi connectivity index (χ4n) is 1.85. The number of hydrogen-bond acceptors (Lipinski definition) is 3. The lowest BCUT2D eigenvalue weighted by molar-refractivity contribution is 0.242. The molecule has 0 unspecified atom stereocenters. The third-order valence-electron chi connectivity index (χ3n) is 2.75. The molecule has 0 amide bonds. The van der Waals surface area contributed by atoms with Crippen LogP contribution in [-0.4, -0.2) is 11.1 Å². The third-order valence-corrected chi connectivity index (χ3v) is 3.63. The minimum Gasteiger partial charge on any atom is -0.491 e. The van der Waals surface area contributed by atoms with Crippen molar-refractivity contribution in [1.29, 1.82) is 0 Å². The van der Waals surface area contributed by atoms with Gasteiger partial charge in [0.25, 0.3) is 0 Å². The van der Waals surface area contributed by atoms with Gasteiger partial charge in [-0.3, -0.25) is 0 Å². The Balaban J connectivity index is 2.11. The van der Waals surface area contributed by atoms with Crippen molar-refractivity contribution in [3.05, 3.63) is 52.5 Å². The molecule has 0 bridgehead atoms. The molecule has 0 radical (unpaired) electrons. The summed E-state index contributed by atoms with van der Waals surface area (Å²) in [6, 6.07) is 13.6. The van der Waals surface area contributed by atoms with E-state index >= 15 is 0 Å². The fraction of sp³-hybridized carbons (Fsp3) is 0.188. The van der Waals surface area contributed by atoms with Crippen molar-refractivity contribution in [1.82, 2.24) is 0 Å². The van der Waals surface area contributed by atoms with E-state index in [9.17, 15) is 0 Å². The first kappa shape index (κ1) is 15.8. The normalized spacial score (nSPS) is 10.5. The first-order valence-electron chi connectivity index (χ1n) is 6.59. The largest absolute Gasteiger partial charge is 0.491 e. The van der Waals surface area contributed by atoms with Crippen LogP contribution in [0.5, 0.6) is 5.75 Å². The summed E-state index contributed by atoms with van der Waals surface area (Å²) in [5.41, 5.74) is 8.42. The second-order valence-electron chi connectivity index (χ2n) is 4.87. The molecule has 0 spiro atoms. The molecule has 2 aromatic rings. The molecule has 0 aromatic heterocycles. The van der Waals surface area contributed by atoms with E-state index in [0.29, 0.717) is 4.99 Å². The Bertz CT molecular complexity index is 641. The summed E-state index contributed by atoms with van der Waals surface area (Å²) in [6.07, 6.45) is 0.174. The molecule has 3 nitrogen and oxygen atoms in total. The summed E-state index contributed by atoms with van der Waals surface area (Å²) in [5, 5.41) is 3.32. The fourth-order valence-corrected chi connectivity index (χ4v) is 2.75. The Morgan fingerprint density at radius 2 is 1.76 bits per heavy atom. The van der Waals surface area contributed by atoms with Gasteiger partial charge in [0.1, 0.15) is 10.7 Å². The van der Waals surface area contributed by atoms with E-state index in [4.69, 9.17) is 22.7 Å². The van der Waals surface area contributed by atoms with Gasteiger partial charge in [-0.1, -0.05) is 12.2 Å². The van der Waals surface area contributed by atoms with Crippen LogP contribution in [0.25, 0.3) is 0 Å². The quantitative estimate of drug-likeness (QED) is 0.760. The molecule has 0 atom stereocenters. The van der Waals surface area contributed by atoms with Crippen LogP contribution in [0.15, 0.2) is 46.9 Å². The number of nitrogens with two attached hydrogens (primary N) is 1. The highest BCUT2D eigenvalue weighted by molar-refractivity contribution is 9.10. The highest BCUT2D eigenvalue weighted by atomic mass is 79.9. The number of rotatable bonds is 5. The maximum absolute atomic E-state index is 5.64. The van der Waals surface area contributed by atoms with Gasteiger partial charge in [-0.25, -0.2) is 0 Å². The van der Waals surface area contributed by atoms with Gasteiger partial charge < -0.3 is 15.8 Å². The molecular weight excluding hydrogens is 348 g/mol. The van der Waals surface area contributed by atoms with Crippen molar-refractivity contribution in [3.63, 3.8) is 0 Å². The predicted octanol–water partition coefficient (Wildman–Crippen LogP) is 4.61. The average molecular weight is 365 g/mol. The van der Waals surface area contributed by atoms with Crippen LogP contribution in [0.4, 0.5) is 11.4 Å². The van der Waals surface area contributed by atoms with Crippen LogP contribution in [-0.2, 0) is 0 Å². The topological polar surface area (TPSA) is 47.3 Å². The van der Waals surface area contributed by atoms with Gasteiger partial charge in [-0.05, 0) is 72.2 Å². The number of ether oxygens (including phenoxy) is 1. The molecule has 0 saturated carbocycles. The standard InChI is InChI=1S/C16H17BrN2OS/c1-10(2)20-13-6-3-11(4-7-13)19-12-5-8-14(16(18)21)15(17)9-12/h3-10,19H,1-2H3,(H2,18,21). The number of nitrogens with one attached hydrogen (secondary N) is 1. The van der Waals surface area contributed by atoms with Crippen molar-refractivity contribution in [2.75, 3.05) is 5.32 Å². The van der Waals surface area contributed by atoms with Crippen molar-refractivity contribution in [3.8, 4) is 5.75 Å². The van der Waals surface area contributed by atoms with Crippen molar-refractivity contribution >= 4 is 44.5 Å². The molecule has 2 aromatic carbocycles. The van der Waals surface area contributed by atoms with Crippen molar-refractivity contribution < 1.29 is 4.74 Å². The molecule has 0 heterocycles. The summed E-state index contributed by atoms with van der Waals surface area (Å²) in [5.74, 6) is 0.862. The van der Waals surface area contributed by atoms with E-state index in [1.807, 2.05) is 56.3 Å². The van der Waals surface area contributed by atoms with Crippen LogP contribution in [0.2, 0.25) is 0 Å². The first-order chi connectivity index (χ1) is 9.95. The van der Waals surface area contributed by atoms with E-state index in [2.05, 4.69) is 21.2 Å². The smallest absolute Gasteiger partial charge is 0.119 e. The van der Waals surface area contributed by atoms with E-state index in [0.717, 1.165) is 27.2 Å². The lowest BCUT2D eigenvalue weighted by Crippen LogP contribution is -2.10. The van der Waals surface area contributed by atoms with Crippen LogP contribution < -0.4 is 15.8 Å². The number of benzene rings is 2. The van der Waals surface area contributed by atoms with Crippen LogP contribution >= 0.6 is 28.1 Å². The van der Waals surface area contributed by atoms with E-state index in [-0.39, 0.29) is 6.10 Å². The Labute approximate surface area is 138 Å². The van der Waals surface area contributed by atoms with Crippen LogP contribution in [0, 0.1) is 0 Å². The van der Waals surface area contributed by atoms with Crippen molar-refractivity contribution in [2.24, 2.45) is 5.73 Å². The van der Waals surface area contributed by atoms with Gasteiger partial charge in [-0.2, -0.15) is 0 Å². The number of thiocarbonyl (C=S) groups is 1. The molecule has 0 aliphatic heterocycles. The lowest BCUT2D eigenvalue weighted by atomic mass is 10.2. The molecule has 110 valence electrons. The number of hydrogen-bond donors (Lipinski definition) is 2. The van der Waals surface area contributed by atoms with Gasteiger partial charge >= 0.3 is 0 Å². The Morgan fingerprint density at radius 1 is 1.14 bits per heavy atom. The molecule has 0 aliphatic rings. The van der Waals surface area contributed by atoms with E-state index in [1.165, 1.54) is 0 Å². The van der Waals surface area contributed by atoms with Gasteiger partial charge in [-0.15, -0.1) is 0 Å². The maximum atomic E-state index is 5.64. The Kier molecular flexibility index (Phi) is 5.20. The minimum atomic E-state index is 0.174. The summed E-state index contributed by atoms with van der Waals surface area (Å²) in [6.45, 7) is 4.01. The second-order valence-corrected chi connectivity index (χ2v) is 6.17. The third kappa shape index (κ3) is 4.44. The summed E-state index contributed by atoms with van der Waals surface area (Å²) in [7, 11) is 0. The molecule has 2 rings (SSSR count). The second kappa shape index (κ2) is 6.91. The lowest BCUT2D eigenvalue weighted by Gasteiger charge is -2.12. The van der Waals surface area contributed by atoms with Crippen LogP contribution in [0.3, 0.4) is 0 Å². The molecule has 0 fully saturated rings. The Morgan fingerprint density at radius 3 is 2.29 bits per heavy atom. The van der Waals surface area contributed by atoms with Gasteiger partial charge in [0.15, 0.2) is 0 Å². The summed E-state index contributed by atoms with van der Waals surface area (Å²) in [4.78, 5) is 0.378. The van der Waals surface area contributed by atoms with Gasteiger partial charge in [0, 0.05) is 21.4 Å². The summed E-state index contributed by atoms with van der Waals surface area (Å²) >= 11 is 8.46. The van der Waals surface area contributed by atoms with Gasteiger partial charge in [0.2, 0.25) is 0 Å².